The predicted molar refractivity (Wildman–Crippen MR) is 77.7 cm³/mol. The zero-order valence-corrected chi connectivity index (χ0v) is 12.1. The molecule has 1 saturated carbocycles. The summed E-state index contributed by atoms with van der Waals surface area (Å²) in [5.41, 5.74) is -0.896. The van der Waals surface area contributed by atoms with Crippen molar-refractivity contribution < 1.29 is 9.90 Å². The summed E-state index contributed by atoms with van der Waals surface area (Å²) in [5.74, 6) is 0.249. The molecule has 0 saturated heterocycles. The third kappa shape index (κ3) is 2.14. The first kappa shape index (κ1) is 13.3. The van der Waals surface area contributed by atoms with Crippen LogP contribution in [0, 0.1) is 5.92 Å². The molecule has 1 aliphatic rings. The van der Waals surface area contributed by atoms with Gasteiger partial charge in [0.05, 0.1) is 11.4 Å². The van der Waals surface area contributed by atoms with E-state index in [0.717, 1.165) is 23.5 Å². The van der Waals surface area contributed by atoms with Gasteiger partial charge < -0.3 is 15.0 Å². The van der Waals surface area contributed by atoms with E-state index in [-0.39, 0.29) is 5.92 Å². The summed E-state index contributed by atoms with van der Waals surface area (Å²) >= 11 is 1.61. The number of rotatable bonds is 6. The van der Waals surface area contributed by atoms with Crippen molar-refractivity contribution in [1.82, 2.24) is 14.9 Å². The summed E-state index contributed by atoms with van der Waals surface area (Å²) in [4.78, 5) is 17.2. The number of carboxylic acids is 1. The summed E-state index contributed by atoms with van der Waals surface area (Å²) in [6.07, 6.45) is 5.52. The smallest absolute Gasteiger partial charge is 0.326 e. The number of hydrogen-bond acceptors (Lipinski definition) is 4. The molecule has 0 bridgehead atoms. The molecular formula is C14H17N3O2S. The SMILES string of the molecule is CNC(Cn1ccnc1-c1cccs1)(C(=O)O)C1CC1. The predicted octanol–water partition coefficient (Wildman–Crippen LogP) is 2.06. The number of carbonyl (C=O) groups is 1. The van der Waals surface area contributed by atoms with Gasteiger partial charge in [0.25, 0.3) is 0 Å². The number of thiophene rings is 1. The monoisotopic (exact) mass is 291 g/mol. The molecule has 1 atom stereocenters. The number of nitrogens with one attached hydrogen (secondary N) is 1. The van der Waals surface area contributed by atoms with E-state index in [9.17, 15) is 9.90 Å². The number of likely N-dealkylation sites (N-methyl/N-ethyl adjacent to an activating group) is 1. The molecule has 1 unspecified atom stereocenters. The lowest BCUT2D eigenvalue weighted by Gasteiger charge is -2.30. The van der Waals surface area contributed by atoms with Crippen LogP contribution < -0.4 is 5.32 Å². The molecule has 0 radical (unpaired) electrons. The van der Waals surface area contributed by atoms with Gasteiger partial charge in [0.15, 0.2) is 0 Å². The highest BCUT2D eigenvalue weighted by molar-refractivity contribution is 7.13. The summed E-state index contributed by atoms with van der Waals surface area (Å²) in [5, 5.41) is 14.7. The van der Waals surface area contributed by atoms with Gasteiger partial charge in [-0.2, -0.15) is 0 Å². The fourth-order valence-corrected chi connectivity index (χ4v) is 3.41. The van der Waals surface area contributed by atoms with E-state index in [1.165, 1.54) is 0 Å². The van der Waals surface area contributed by atoms with E-state index in [4.69, 9.17) is 0 Å². The molecule has 1 aliphatic carbocycles. The van der Waals surface area contributed by atoms with Gasteiger partial charge in [-0.25, -0.2) is 4.98 Å². The van der Waals surface area contributed by atoms with Crippen LogP contribution in [0.4, 0.5) is 0 Å². The Labute approximate surface area is 121 Å². The number of nitrogens with zero attached hydrogens (tertiary/aromatic N) is 2. The molecule has 0 spiro atoms. The van der Waals surface area contributed by atoms with E-state index in [2.05, 4.69) is 10.3 Å². The first-order valence-corrected chi connectivity index (χ1v) is 7.52. The molecule has 6 heteroatoms. The van der Waals surface area contributed by atoms with Crippen LogP contribution in [0.25, 0.3) is 10.7 Å². The van der Waals surface area contributed by atoms with Crippen LogP contribution in [-0.4, -0.2) is 33.2 Å². The maximum atomic E-state index is 11.8. The molecule has 0 amide bonds. The second kappa shape index (κ2) is 5.03. The third-order valence-corrected chi connectivity index (χ3v) is 4.84. The fraction of sp³-hybridized carbons (Fsp3) is 0.429. The Balaban J connectivity index is 1.94. The van der Waals surface area contributed by atoms with Crippen LogP contribution in [-0.2, 0) is 11.3 Å². The third-order valence-electron chi connectivity index (χ3n) is 3.98. The standard InChI is InChI=1S/C14H17N3O2S/c1-15-14(13(18)19,10-4-5-10)9-17-7-6-16-12(17)11-3-2-8-20-11/h2-3,6-8,10,15H,4-5,9H2,1H3,(H,18,19). The van der Waals surface area contributed by atoms with E-state index >= 15 is 0 Å². The maximum absolute atomic E-state index is 11.8. The van der Waals surface area contributed by atoms with Crippen LogP contribution in [0.2, 0.25) is 0 Å². The van der Waals surface area contributed by atoms with Crippen molar-refractivity contribution in [3.63, 3.8) is 0 Å². The average molecular weight is 291 g/mol. The van der Waals surface area contributed by atoms with Crippen LogP contribution >= 0.6 is 11.3 Å². The summed E-state index contributed by atoms with van der Waals surface area (Å²) in [7, 11) is 1.73. The molecule has 2 N–H and O–H groups in total. The number of imidazole rings is 1. The molecule has 0 aromatic carbocycles. The van der Waals surface area contributed by atoms with Crippen molar-refractivity contribution in [3.05, 3.63) is 29.9 Å². The van der Waals surface area contributed by atoms with Gasteiger partial charge in [0.1, 0.15) is 11.4 Å². The van der Waals surface area contributed by atoms with Gasteiger partial charge in [-0.1, -0.05) is 6.07 Å². The van der Waals surface area contributed by atoms with Gasteiger partial charge in [-0.15, -0.1) is 11.3 Å². The van der Waals surface area contributed by atoms with Crippen LogP contribution in [0.15, 0.2) is 29.9 Å². The van der Waals surface area contributed by atoms with Crippen LogP contribution in [0.5, 0.6) is 0 Å². The van der Waals surface area contributed by atoms with Crippen molar-refractivity contribution in [3.8, 4) is 10.7 Å². The second-order valence-electron chi connectivity index (χ2n) is 5.16. The van der Waals surface area contributed by atoms with E-state index in [0.29, 0.717) is 6.54 Å². The lowest BCUT2D eigenvalue weighted by molar-refractivity contribution is -0.146. The molecule has 2 heterocycles. The highest BCUT2D eigenvalue weighted by Crippen LogP contribution is 2.41. The Bertz CT molecular complexity index is 604. The van der Waals surface area contributed by atoms with Crippen molar-refractivity contribution in [2.45, 2.75) is 24.9 Å². The second-order valence-corrected chi connectivity index (χ2v) is 6.10. The maximum Gasteiger partial charge on any atom is 0.326 e. The Hall–Kier alpha value is -1.66. The quantitative estimate of drug-likeness (QED) is 0.855. The van der Waals surface area contributed by atoms with E-state index in [1.807, 2.05) is 28.3 Å². The number of hydrogen-bond donors (Lipinski definition) is 2. The first-order valence-electron chi connectivity index (χ1n) is 6.64. The molecule has 20 heavy (non-hydrogen) atoms. The molecule has 0 aliphatic heterocycles. The van der Waals surface area contributed by atoms with Crippen molar-refractivity contribution in [2.75, 3.05) is 7.05 Å². The fourth-order valence-electron chi connectivity index (χ4n) is 2.67. The number of aromatic nitrogens is 2. The van der Waals surface area contributed by atoms with Gasteiger partial charge >= 0.3 is 5.97 Å². The Kier molecular flexibility index (Phi) is 3.35. The lowest BCUT2D eigenvalue weighted by Crippen LogP contribution is -2.55. The average Bonchev–Trinajstić information content (AvgIpc) is 2.97. The minimum Gasteiger partial charge on any atom is -0.480 e. The Morgan fingerprint density at radius 2 is 2.45 bits per heavy atom. The summed E-state index contributed by atoms with van der Waals surface area (Å²) in [6, 6.07) is 3.98. The van der Waals surface area contributed by atoms with Crippen molar-refractivity contribution in [2.24, 2.45) is 5.92 Å². The number of aliphatic carboxylic acids is 1. The van der Waals surface area contributed by atoms with Crippen LogP contribution in [0.1, 0.15) is 12.8 Å². The zero-order valence-electron chi connectivity index (χ0n) is 11.2. The molecule has 2 aromatic heterocycles. The molecular weight excluding hydrogens is 274 g/mol. The molecule has 5 nitrogen and oxygen atoms in total. The minimum atomic E-state index is -0.896. The Morgan fingerprint density at radius 3 is 3.00 bits per heavy atom. The van der Waals surface area contributed by atoms with E-state index in [1.54, 1.807) is 24.6 Å². The van der Waals surface area contributed by atoms with Gasteiger partial charge in [0, 0.05) is 12.4 Å². The van der Waals surface area contributed by atoms with Crippen molar-refractivity contribution in [1.29, 1.82) is 0 Å². The van der Waals surface area contributed by atoms with E-state index < -0.39 is 11.5 Å². The highest BCUT2D eigenvalue weighted by atomic mass is 32.1. The van der Waals surface area contributed by atoms with Gasteiger partial charge in [0.2, 0.25) is 0 Å². The van der Waals surface area contributed by atoms with Crippen molar-refractivity contribution >= 4 is 17.3 Å². The zero-order chi connectivity index (χ0) is 14.2. The molecule has 106 valence electrons. The molecule has 1 fully saturated rings. The molecule has 2 aromatic rings. The molecule has 3 rings (SSSR count). The highest BCUT2D eigenvalue weighted by Gasteiger charge is 2.50. The first-order chi connectivity index (χ1) is 9.67. The number of carboxylic acid groups (broad SMARTS) is 1. The van der Waals surface area contributed by atoms with Gasteiger partial charge in [-0.3, -0.25) is 4.79 Å². The summed E-state index contributed by atoms with van der Waals surface area (Å²) in [6.45, 7) is 0.400. The van der Waals surface area contributed by atoms with Crippen LogP contribution in [0.3, 0.4) is 0 Å². The Morgan fingerprint density at radius 1 is 1.65 bits per heavy atom. The largest absolute Gasteiger partial charge is 0.480 e. The summed E-state index contributed by atoms with van der Waals surface area (Å²) < 4.78 is 1.94. The lowest BCUT2D eigenvalue weighted by atomic mass is 9.93. The minimum absolute atomic E-state index is 0.198. The topological polar surface area (TPSA) is 67.2 Å². The van der Waals surface area contributed by atoms with Gasteiger partial charge in [-0.05, 0) is 37.3 Å². The normalized spacial score (nSPS) is 17.9.